The third-order valence-electron chi connectivity index (χ3n) is 4.89. The Kier molecular flexibility index (Phi) is 6.90. The molecule has 0 saturated carbocycles. The highest BCUT2D eigenvalue weighted by atomic mass is 15.1. The van der Waals surface area contributed by atoms with Gasteiger partial charge in [0.25, 0.3) is 0 Å². The van der Waals surface area contributed by atoms with Gasteiger partial charge in [-0.15, -0.1) is 0 Å². The number of pyridine rings is 1. The van der Waals surface area contributed by atoms with Gasteiger partial charge in [0.2, 0.25) is 0 Å². The Bertz CT molecular complexity index is 724. The van der Waals surface area contributed by atoms with Crippen LogP contribution in [0.15, 0.2) is 60.6 Å². The molecule has 2 aromatic rings. The number of hydrogen-bond donors (Lipinski definition) is 1. The van der Waals surface area contributed by atoms with Gasteiger partial charge in [0, 0.05) is 49.4 Å². The summed E-state index contributed by atoms with van der Waals surface area (Å²) in [6.07, 6.45) is 17.4. The van der Waals surface area contributed by atoms with Crippen molar-refractivity contribution in [3.63, 3.8) is 0 Å². The van der Waals surface area contributed by atoms with Crippen molar-refractivity contribution < 1.29 is 0 Å². The van der Waals surface area contributed by atoms with Gasteiger partial charge in [0.1, 0.15) is 0 Å². The van der Waals surface area contributed by atoms with E-state index in [-0.39, 0.29) is 0 Å². The summed E-state index contributed by atoms with van der Waals surface area (Å²) in [6, 6.07) is 4.15. The molecule has 1 aliphatic heterocycles. The highest BCUT2D eigenvalue weighted by Crippen LogP contribution is 2.29. The number of nitrogens with one attached hydrogen (secondary N) is 1. The van der Waals surface area contributed by atoms with Crippen LogP contribution in [0.1, 0.15) is 42.0 Å². The van der Waals surface area contributed by atoms with E-state index in [2.05, 4.69) is 49.9 Å². The molecule has 136 valence electrons. The number of aromatic amines is 1. The predicted molar refractivity (Wildman–Crippen MR) is 106 cm³/mol. The summed E-state index contributed by atoms with van der Waals surface area (Å²) in [6.45, 7) is 6.99. The minimum atomic E-state index is 0.582. The number of H-pyrrole nitrogens is 1. The number of rotatable bonds is 8. The van der Waals surface area contributed by atoms with E-state index in [0.29, 0.717) is 5.92 Å². The second-order valence-electron chi connectivity index (χ2n) is 6.66. The minimum absolute atomic E-state index is 0.582. The van der Waals surface area contributed by atoms with Crippen molar-refractivity contribution in [3.8, 4) is 0 Å². The Morgan fingerprint density at radius 2 is 2.08 bits per heavy atom. The summed E-state index contributed by atoms with van der Waals surface area (Å²) in [5, 5.41) is 7.58. The van der Waals surface area contributed by atoms with Crippen molar-refractivity contribution in [3.05, 3.63) is 72.5 Å². The van der Waals surface area contributed by atoms with Gasteiger partial charge in [0.15, 0.2) is 0 Å². The monoisotopic (exact) mass is 349 g/mol. The highest BCUT2D eigenvalue weighted by Gasteiger charge is 2.23. The molecule has 5 nitrogen and oxygen atoms in total. The second-order valence-corrected chi connectivity index (χ2v) is 6.66. The Labute approximate surface area is 155 Å². The van der Waals surface area contributed by atoms with Gasteiger partial charge in [-0.3, -0.25) is 15.1 Å². The maximum absolute atomic E-state index is 4.31. The van der Waals surface area contributed by atoms with Crippen LogP contribution in [-0.2, 0) is 6.42 Å². The van der Waals surface area contributed by atoms with Crippen LogP contribution in [0.25, 0.3) is 0 Å². The molecule has 2 aromatic heterocycles. The van der Waals surface area contributed by atoms with Gasteiger partial charge in [0.05, 0.1) is 6.20 Å². The topological polar surface area (TPSA) is 57.2 Å². The first-order chi connectivity index (χ1) is 12.9. The zero-order chi connectivity index (χ0) is 18.0. The third kappa shape index (κ3) is 5.23. The Morgan fingerprint density at radius 1 is 1.27 bits per heavy atom. The molecule has 0 atom stereocenters. The maximum Gasteiger partial charge on any atom is 0.0525 e. The molecular weight excluding hydrogens is 322 g/mol. The van der Waals surface area contributed by atoms with Crippen molar-refractivity contribution in [2.75, 3.05) is 19.6 Å². The summed E-state index contributed by atoms with van der Waals surface area (Å²) in [5.41, 5.74) is 3.92. The van der Waals surface area contributed by atoms with Crippen molar-refractivity contribution in [1.29, 1.82) is 0 Å². The molecule has 1 aliphatic rings. The van der Waals surface area contributed by atoms with Crippen molar-refractivity contribution in [1.82, 2.24) is 20.1 Å². The average molecular weight is 349 g/mol. The summed E-state index contributed by atoms with van der Waals surface area (Å²) < 4.78 is 0. The van der Waals surface area contributed by atoms with E-state index in [1.165, 1.54) is 29.7 Å². The Balaban J connectivity index is 1.48. The van der Waals surface area contributed by atoms with Crippen molar-refractivity contribution in [2.24, 2.45) is 4.99 Å². The van der Waals surface area contributed by atoms with E-state index in [1.807, 2.05) is 24.8 Å². The highest BCUT2D eigenvalue weighted by molar-refractivity contribution is 5.70. The van der Waals surface area contributed by atoms with Crippen LogP contribution in [0.4, 0.5) is 0 Å². The molecule has 0 aliphatic carbocycles. The predicted octanol–water partition coefficient (Wildman–Crippen LogP) is 3.74. The van der Waals surface area contributed by atoms with E-state index in [0.717, 1.165) is 32.5 Å². The van der Waals surface area contributed by atoms with Crippen LogP contribution in [0.5, 0.6) is 0 Å². The Hall–Kier alpha value is -2.53. The summed E-state index contributed by atoms with van der Waals surface area (Å²) in [4.78, 5) is 10.7. The number of nitrogens with zero attached hydrogens (tertiary/aromatic N) is 4. The van der Waals surface area contributed by atoms with Crippen LogP contribution >= 0.6 is 0 Å². The molecule has 3 rings (SSSR count). The molecule has 5 heteroatoms. The SMILES string of the molecule is C=CC=N/C=C\CCN1CCC(c2[nH]ncc2Cc2ccncc2)CC1. The molecule has 0 amide bonds. The normalized spacial score (nSPS) is 16.6. The Morgan fingerprint density at radius 3 is 2.85 bits per heavy atom. The molecule has 1 fully saturated rings. The van der Waals surface area contributed by atoms with Crippen molar-refractivity contribution >= 4 is 6.21 Å². The zero-order valence-electron chi connectivity index (χ0n) is 15.2. The second kappa shape index (κ2) is 9.82. The maximum atomic E-state index is 4.31. The van der Waals surface area contributed by atoms with Gasteiger partial charge in [-0.1, -0.05) is 18.7 Å². The number of hydrogen-bond acceptors (Lipinski definition) is 4. The van der Waals surface area contributed by atoms with Gasteiger partial charge >= 0.3 is 0 Å². The van der Waals surface area contributed by atoms with Crippen LogP contribution in [-0.4, -0.2) is 45.9 Å². The van der Waals surface area contributed by atoms with E-state index in [4.69, 9.17) is 0 Å². The number of likely N-dealkylation sites (tertiary alicyclic amines) is 1. The standard InChI is InChI=1S/C21H27N5/c1-2-9-22-10-3-4-13-26-14-7-19(8-15-26)21-20(17-24-25-21)16-18-5-11-23-12-6-18/h2-3,5-6,9-12,17,19H,1,4,7-8,13-16H2,(H,24,25)/b10-3-,22-9?. The minimum Gasteiger partial charge on any atom is -0.303 e. The smallest absolute Gasteiger partial charge is 0.0525 e. The number of aromatic nitrogens is 3. The van der Waals surface area contributed by atoms with Gasteiger partial charge in [-0.25, -0.2) is 0 Å². The number of piperidine rings is 1. The molecule has 26 heavy (non-hydrogen) atoms. The van der Waals surface area contributed by atoms with Crippen LogP contribution in [0, 0.1) is 0 Å². The van der Waals surface area contributed by atoms with Gasteiger partial charge < -0.3 is 4.90 Å². The largest absolute Gasteiger partial charge is 0.303 e. The lowest BCUT2D eigenvalue weighted by atomic mass is 9.90. The van der Waals surface area contributed by atoms with Crippen LogP contribution < -0.4 is 0 Å². The van der Waals surface area contributed by atoms with Crippen LogP contribution in [0.3, 0.4) is 0 Å². The van der Waals surface area contributed by atoms with Crippen LogP contribution in [0.2, 0.25) is 0 Å². The van der Waals surface area contributed by atoms with Gasteiger partial charge in [-0.05, 0) is 55.6 Å². The quantitative estimate of drug-likeness (QED) is 0.739. The number of allylic oxidation sites excluding steroid dienone is 1. The summed E-state index contributed by atoms with van der Waals surface area (Å²) >= 11 is 0. The van der Waals surface area contributed by atoms with Gasteiger partial charge in [-0.2, -0.15) is 5.10 Å². The fourth-order valence-corrected chi connectivity index (χ4v) is 3.48. The zero-order valence-corrected chi connectivity index (χ0v) is 15.2. The molecule has 0 unspecified atom stereocenters. The molecule has 1 N–H and O–H groups in total. The first-order valence-corrected chi connectivity index (χ1v) is 9.29. The summed E-state index contributed by atoms with van der Waals surface area (Å²) in [5.74, 6) is 0.582. The number of aliphatic imine (C=N–C) groups is 1. The lowest BCUT2D eigenvalue weighted by Gasteiger charge is -2.31. The summed E-state index contributed by atoms with van der Waals surface area (Å²) in [7, 11) is 0. The molecule has 0 spiro atoms. The molecule has 0 aromatic carbocycles. The fraction of sp³-hybridized carbons (Fsp3) is 0.381. The fourth-order valence-electron chi connectivity index (χ4n) is 3.48. The first kappa shape index (κ1) is 18.3. The molecule has 1 saturated heterocycles. The van der Waals surface area contributed by atoms with E-state index in [9.17, 15) is 0 Å². The lowest BCUT2D eigenvalue weighted by Crippen LogP contribution is -2.33. The third-order valence-corrected chi connectivity index (χ3v) is 4.89. The molecule has 0 radical (unpaired) electrons. The lowest BCUT2D eigenvalue weighted by molar-refractivity contribution is 0.214. The molecule has 0 bridgehead atoms. The van der Waals surface area contributed by atoms with E-state index >= 15 is 0 Å². The first-order valence-electron chi connectivity index (χ1n) is 9.29. The van der Waals surface area contributed by atoms with E-state index < -0.39 is 0 Å². The molecular formula is C21H27N5. The average Bonchev–Trinajstić information content (AvgIpc) is 3.14. The van der Waals surface area contributed by atoms with Crippen molar-refractivity contribution in [2.45, 2.75) is 31.6 Å². The van der Waals surface area contributed by atoms with E-state index in [1.54, 1.807) is 12.3 Å². The molecule has 3 heterocycles.